The highest BCUT2D eigenvalue weighted by atomic mass is 35.5. The number of benzene rings is 1. The van der Waals surface area contributed by atoms with E-state index in [0.29, 0.717) is 5.92 Å². The van der Waals surface area contributed by atoms with E-state index in [1.54, 1.807) is 12.1 Å². The second kappa shape index (κ2) is 4.72. The van der Waals surface area contributed by atoms with Gasteiger partial charge in [0.15, 0.2) is 0 Å². The van der Waals surface area contributed by atoms with Crippen molar-refractivity contribution in [2.45, 2.75) is 18.8 Å². The minimum absolute atomic E-state index is 0. The highest BCUT2D eigenvalue weighted by molar-refractivity contribution is 5.85. The molecule has 0 aromatic heterocycles. The van der Waals surface area contributed by atoms with Crippen molar-refractivity contribution in [3.05, 3.63) is 35.6 Å². The van der Waals surface area contributed by atoms with Gasteiger partial charge in [0.1, 0.15) is 5.82 Å². The summed E-state index contributed by atoms with van der Waals surface area (Å²) in [7, 11) is 0. The maximum Gasteiger partial charge on any atom is 0.126 e. The second-order valence-corrected chi connectivity index (χ2v) is 4.87. The normalized spacial score (nSPS) is 32.2. The molecular weight excluding hydrogens is 225 g/mol. The highest BCUT2D eigenvalue weighted by Crippen LogP contribution is 2.44. The summed E-state index contributed by atoms with van der Waals surface area (Å²) < 4.78 is 13.6. The third-order valence-corrected chi connectivity index (χ3v) is 4.00. The van der Waals surface area contributed by atoms with Crippen LogP contribution in [0, 0.1) is 17.7 Å². The first kappa shape index (κ1) is 11.9. The Bertz CT molecular complexity index is 357. The first-order valence-corrected chi connectivity index (χ1v) is 5.79. The fourth-order valence-electron chi connectivity index (χ4n) is 3.23. The molecule has 2 aliphatic rings. The van der Waals surface area contributed by atoms with Crippen LogP contribution in [-0.2, 0) is 0 Å². The van der Waals surface area contributed by atoms with Crippen LogP contribution in [-0.4, -0.2) is 13.1 Å². The van der Waals surface area contributed by atoms with Crippen LogP contribution in [0.25, 0.3) is 0 Å². The van der Waals surface area contributed by atoms with Gasteiger partial charge >= 0.3 is 0 Å². The lowest BCUT2D eigenvalue weighted by atomic mass is 9.95. The molecule has 1 saturated heterocycles. The third-order valence-electron chi connectivity index (χ3n) is 4.00. The lowest BCUT2D eigenvalue weighted by Gasteiger charge is -2.12. The second-order valence-electron chi connectivity index (χ2n) is 4.87. The monoisotopic (exact) mass is 241 g/mol. The fraction of sp³-hybridized carbons (Fsp3) is 0.538. The molecule has 1 heterocycles. The number of hydrogen-bond acceptors (Lipinski definition) is 1. The van der Waals surface area contributed by atoms with Crippen molar-refractivity contribution < 1.29 is 4.39 Å². The number of hydrogen-bond donors (Lipinski definition) is 1. The molecule has 16 heavy (non-hydrogen) atoms. The minimum atomic E-state index is -0.0181. The van der Waals surface area contributed by atoms with E-state index in [4.69, 9.17) is 0 Å². The molecular formula is C13H17ClFN. The smallest absolute Gasteiger partial charge is 0.126 e. The summed E-state index contributed by atoms with van der Waals surface area (Å²) in [6.45, 7) is 2.27. The third kappa shape index (κ3) is 1.96. The van der Waals surface area contributed by atoms with Gasteiger partial charge in [0, 0.05) is 0 Å². The summed E-state index contributed by atoms with van der Waals surface area (Å²) in [5.74, 6) is 2.02. The van der Waals surface area contributed by atoms with Gasteiger partial charge in [-0.3, -0.25) is 0 Å². The summed E-state index contributed by atoms with van der Waals surface area (Å²) >= 11 is 0. The van der Waals surface area contributed by atoms with Gasteiger partial charge in [-0.15, -0.1) is 12.4 Å². The lowest BCUT2D eigenvalue weighted by Crippen LogP contribution is -2.11. The summed E-state index contributed by atoms with van der Waals surface area (Å²) in [5.41, 5.74) is 0.937. The first-order valence-electron chi connectivity index (χ1n) is 5.79. The van der Waals surface area contributed by atoms with Crippen molar-refractivity contribution in [3.63, 3.8) is 0 Å². The van der Waals surface area contributed by atoms with Gasteiger partial charge in [-0.2, -0.15) is 0 Å². The Balaban J connectivity index is 0.000000963. The summed E-state index contributed by atoms with van der Waals surface area (Å²) in [6.07, 6.45) is 2.33. The highest BCUT2D eigenvalue weighted by Gasteiger charge is 2.38. The number of fused-ring (bicyclic) bond motifs is 1. The molecule has 0 spiro atoms. The van der Waals surface area contributed by atoms with E-state index < -0.39 is 0 Å². The summed E-state index contributed by atoms with van der Waals surface area (Å²) in [6, 6.07) is 7.26. The molecule has 1 saturated carbocycles. The molecule has 2 unspecified atom stereocenters. The van der Waals surface area contributed by atoms with Gasteiger partial charge < -0.3 is 5.32 Å². The van der Waals surface area contributed by atoms with Gasteiger partial charge in [-0.1, -0.05) is 18.2 Å². The van der Waals surface area contributed by atoms with Gasteiger partial charge in [-0.05, 0) is 55.3 Å². The quantitative estimate of drug-likeness (QED) is 0.797. The van der Waals surface area contributed by atoms with Gasteiger partial charge in [-0.25, -0.2) is 4.39 Å². The fourth-order valence-corrected chi connectivity index (χ4v) is 3.23. The lowest BCUT2D eigenvalue weighted by molar-refractivity contribution is 0.494. The maximum absolute atomic E-state index is 13.6. The van der Waals surface area contributed by atoms with Crippen molar-refractivity contribution in [2.24, 2.45) is 11.8 Å². The van der Waals surface area contributed by atoms with Gasteiger partial charge in [0.2, 0.25) is 0 Å². The van der Waals surface area contributed by atoms with Gasteiger partial charge in [0.25, 0.3) is 0 Å². The standard InChI is InChI=1S/C13H16FN.ClH/c14-13-4-2-1-3-12(13)9-5-10-7-15-8-11(10)6-9;/h1-4,9-11,15H,5-8H2;1H/t9?,10-,11?;/m1./s1. The Morgan fingerprint density at radius 1 is 1.06 bits per heavy atom. The van der Waals surface area contributed by atoms with Gasteiger partial charge in [0.05, 0.1) is 0 Å². The predicted molar refractivity (Wildman–Crippen MR) is 65.5 cm³/mol. The Labute approximate surface area is 102 Å². The Morgan fingerprint density at radius 3 is 2.31 bits per heavy atom. The molecule has 0 radical (unpaired) electrons. The van der Waals surface area contributed by atoms with Crippen LogP contribution >= 0.6 is 12.4 Å². The van der Waals surface area contributed by atoms with Crippen molar-refractivity contribution in [3.8, 4) is 0 Å². The minimum Gasteiger partial charge on any atom is -0.316 e. The molecule has 3 atom stereocenters. The first-order chi connectivity index (χ1) is 7.34. The molecule has 1 nitrogen and oxygen atoms in total. The van der Waals surface area contributed by atoms with Crippen LogP contribution in [0.3, 0.4) is 0 Å². The van der Waals surface area contributed by atoms with Crippen LogP contribution in [0.5, 0.6) is 0 Å². The van der Waals surface area contributed by atoms with E-state index in [2.05, 4.69) is 5.32 Å². The Kier molecular flexibility index (Phi) is 3.50. The largest absolute Gasteiger partial charge is 0.316 e. The molecule has 3 rings (SSSR count). The van der Waals surface area contributed by atoms with Crippen LogP contribution in [0.15, 0.2) is 24.3 Å². The molecule has 1 aliphatic heterocycles. The molecule has 1 aromatic rings. The average Bonchev–Trinajstić information content (AvgIpc) is 2.77. The maximum atomic E-state index is 13.6. The van der Waals surface area contributed by atoms with E-state index in [9.17, 15) is 4.39 Å². The summed E-state index contributed by atoms with van der Waals surface area (Å²) in [4.78, 5) is 0. The van der Waals surface area contributed by atoms with E-state index in [0.717, 1.165) is 30.5 Å². The van der Waals surface area contributed by atoms with Crippen LogP contribution < -0.4 is 5.32 Å². The zero-order valence-electron chi connectivity index (χ0n) is 9.16. The Morgan fingerprint density at radius 2 is 1.69 bits per heavy atom. The molecule has 1 aliphatic carbocycles. The zero-order valence-corrected chi connectivity index (χ0v) is 9.97. The number of halogens is 2. The topological polar surface area (TPSA) is 12.0 Å². The van der Waals surface area contributed by atoms with E-state index in [1.807, 2.05) is 12.1 Å². The van der Waals surface area contributed by atoms with E-state index in [1.165, 1.54) is 12.8 Å². The number of nitrogens with one attached hydrogen (secondary N) is 1. The summed E-state index contributed by atoms with van der Waals surface area (Å²) in [5, 5.41) is 3.42. The van der Waals surface area contributed by atoms with E-state index >= 15 is 0 Å². The van der Waals surface area contributed by atoms with Crippen molar-refractivity contribution >= 4 is 12.4 Å². The molecule has 0 amide bonds. The molecule has 3 heteroatoms. The SMILES string of the molecule is Cl.Fc1ccccc1C1CC2CNC[C@H]2C1. The molecule has 0 bridgehead atoms. The molecule has 2 fully saturated rings. The van der Waals surface area contributed by atoms with Crippen LogP contribution in [0.4, 0.5) is 4.39 Å². The molecule has 1 N–H and O–H groups in total. The average molecular weight is 242 g/mol. The van der Waals surface area contributed by atoms with Crippen LogP contribution in [0.2, 0.25) is 0 Å². The van der Waals surface area contributed by atoms with E-state index in [-0.39, 0.29) is 18.2 Å². The van der Waals surface area contributed by atoms with Crippen molar-refractivity contribution in [2.75, 3.05) is 13.1 Å². The number of rotatable bonds is 1. The van der Waals surface area contributed by atoms with Crippen molar-refractivity contribution in [1.29, 1.82) is 0 Å². The molecule has 1 aromatic carbocycles. The Hall–Kier alpha value is -0.600. The van der Waals surface area contributed by atoms with Crippen LogP contribution in [0.1, 0.15) is 24.3 Å². The van der Waals surface area contributed by atoms with Crippen molar-refractivity contribution in [1.82, 2.24) is 5.32 Å². The molecule has 88 valence electrons. The predicted octanol–water partition coefficient (Wildman–Crippen LogP) is 2.96. The zero-order chi connectivity index (χ0) is 10.3.